The predicted molar refractivity (Wildman–Crippen MR) is 239 cm³/mol. The van der Waals surface area contributed by atoms with Crippen molar-refractivity contribution in [1.29, 1.82) is 0 Å². The van der Waals surface area contributed by atoms with Crippen LogP contribution in [-0.2, 0) is 0 Å². The van der Waals surface area contributed by atoms with Crippen LogP contribution in [0.5, 0.6) is 0 Å². The molecule has 2 aromatic heterocycles. The van der Waals surface area contributed by atoms with Crippen LogP contribution in [0.2, 0.25) is 0 Å². The molecule has 10 aromatic carbocycles. The molecule has 12 rings (SSSR count). The molecule has 266 valence electrons. The number of rotatable bonds is 5. The Kier molecular flexibility index (Phi) is 6.93. The first-order valence-electron chi connectivity index (χ1n) is 19.4. The van der Waals surface area contributed by atoms with Crippen LogP contribution >= 0.6 is 0 Å². The van der Waals surface area contributed by atoms with Crippen LogP contribution in [0.4, 0.5) is 17.1 Å². The molecule has 0 saturated carbocycles. The van der Waals surface area contributed by atoms with Crippen molar-refractivity contribution in [1.82, 2.24) is 0 Å². The minimum absolute atomic E-state index is 0.836. The molecule has 0 amide bonds. The van der Waals surface area contributed by atoms with Crippen molar-refractivity contribution in [3.05, 3.63) is 200 Å². The van der Waals surface area contributed by atoms with E-state index in [0.29, 0.717) is 0 Å². The first-order chi connectivity index (χ1) is 28.3. The molecule has 3 heteroatoms. The fourth-order valence-electron chi connectivity index (χ4n) is 9.08. The molecular formula is C54H33NO2. The number of hydrogen-bond acceptors (Lipinski definition) is 3. The Morgan fingerprint density at radius 3 is 1.82 bits per heavy atom. The molecule has 0 atom stereocenters. The van der Waals surface area contributed by atoms with Gasteiger partial charge in [-0.05, 0) is 85.9 Å². The molecule has 3 nitrogen and oxygen atoms in total. The van der Waals surface area contributed by atoms with Crippen molar-refractivity contribution in [2.75, 3.05) is 4.90 Å². The molecule has 12 aromatic rings. The summed E-state index contributed by atoms with van der Waals surface area (Å²) < 4.78 is 13.8. The van der Waals surface area contributed by atoms with Crippen molar-refractivity contribution < 1.29 is 8.83 Å². The monoisotopic (exact) mass is 727 g/mol. The quantitative estimate of drug-likeness (QED) is 0.165. The molecule has 0 unspecified atom stereocenters. The summed E-state index contributed by atoms with van der Waals surface area (Å²) in [7, 11) is 0. The van der Waals surface area contributed by atoms with Crippen molar-refractivity contribution in [3.8, 4) is 22.3 Å². The molecule has 0 N–H and O–H groups in total. The SMILES string of the molecule is c1ccc(-c2cccc3c2oc2cccc(N(c4ccc5c(ccc6ccccc65)c4)c4ccc(-c5cccc6ccccc56)c5oc6ccccc6c45)c23)cc1. The van der Waals surface area contributed by atoms with Gasteiger partial charge in [-0.1, -0.05) is 158 Å². The van der Waals surface area contributed by atoms with Crippen molar-refractivity contribution >= 4 is 93.3 Å². The summed E-state index contributed by atoms with van der Waals surface area (Å²) in [5.74, 6) is 0. The zero-order chi connectivity index (χ0) is 37.5. The zero-order valence-electron chi connectivity index (χ0n) is 30.8. The molecule has 0 aliphatic rings. The normalized spacial score (nSPS) is 11.9. The lowest BCUT2D eigenvalue weighted by molar-refractivity contribution is 0.670. The van der Waals surface area contributed by atoms with E-state index in [4.69, 9.17) is 8.83 Å². The van der Waals surface area contributed by atoms with Gasteiger partial charge in [-0.15, -0.1) is 0 Å². The summed E-state index contributed by atoms with van der Waals surface area (Å²) >= 11 is 0. The first-order valence-corrected chi connectivity index (χ1v) is 19.4. The summed E-state index contributed by atoms with van der Waals surface area (Å²) in [5, 5.41) is 11.5. The second-order valence-corrected chi connectivity index (χ2v) is 14.8. The van der Waals surface area contributed by atoms with E-state index in [1.54, 1.807) is 0 Å². The van der Waals surface area contributed by atoms with E-state index in [9.17, 15) is 0 Å². The smallest absolute Gasteiger partial charge is 0.145 e. The Bertz CT molecular complexity index is 3530. The maximum absolute atomic E-state index is 6.93. The van der Waals surface area contributed by atoms with Gasteiger partial charge >= 0.3 is 0 Å². The van der Waals surface area contributed by atoms with E-state index in [0.717, 1.165) is 83.2 Å². The average Bonchev–Trinajstić information content (AvgIpc) is 3.86. The first kappa shape index (κ1) is 31.7. The minimum atomic E-state index is 0.836. The molecule has 0 radical (unpaired) electrons. The third-order valence-electron chi connectivity index (χ3n) is 11.6. The van der Waals surface area contributed by atoms with Gasteiger partial charge in [0, 0.05) is 27.6 Å². The molecule has 0 spiro atoms. The van der Waals surface area contributed by atoms with Crippen LogP contribution in [0.25, 0.3) is 98.4 Å². The summed E-state index contributed by atoms with van der Waals surface area (Å²) in [6.45, 7) is 0. The summed E-state index contributed by atoms with van der Waals surface area (Å²) in [4.78, 5) is 2.41. The number of anilines is 3. The van der Waals surface area contributed by atoms with Gasteiger partial charge in [-0.3, -0.25) is 0 Å². The van der Waals surface area contributed by atoms with Crippen LogP contribution in [0.1, 0.15) is 0 Å². The van der Waals surface area contributed by atoms with Crippen molar-refractivity contribution in [2.24, 2.45) is 0 Å². The van der Waals surface area contributed by atoms with E-state index < -0.39 is 0 Å². The highest BCUT2D eigenvalue weighted by atomic mass is 16.3. The number of para-hydroxylation sites is 2. The van der Waals surface area contributed by atoms with E-state index >= 15 is 0 Å². The second kappa shape index (κ2) is 12.5. The Morgan fingerprint density at radius 1 is 0.316 bits per heavy atom. The Hall–Kier alpha value is -7.62. The van der Waals surface area contributed by atoms with E-state index in [1.807, 2.05) is 0 Å². The topological polar surface area (TPSA) is 29.5 Å². The fraction of sp³-hybridized carbons (Fsp3) is 0. The third kappa shape index (κ3) is 4.86. The molecule has 2 heterocycles. The van der Waals surface area contributed by atoms with Gasteiger partial charge in [0.05, 0.1) is 22.1 Å². The molecule has 0 fully saturated rings. The Balaban J connectivity index is 1.19. The number of furan rings is 2. The van der Waals surface area contributed by atoms with Gasteiger partial charge in [0.1, 0.15) is 22.3 Å². The van der Waals surface area contributed by atoms with Crippen LogP contribution in [-0.4, -0.2) is 0 Å². The van der Waals surface area contributed by atoms with Crippen molar-refractivity contribution in [2.45, 2.75) is 0 Å². The lowest BCUT2D eigenvalue weighted by Crippen LogP contribution is -2.11. The maximum Gasteiger partial charge on any atom is 0.145 e. The van der Waals surface area contributed by atoms with Crippen LogP contribution < -0.4 is 4.90 Å². The van der Waals surface area contributed by atoms with E-state index in [2.05, 4.69) is 205 Å². The molecular weight excluding hydrogens is 695 g/mol. The number of fused-ring (bicyclic) bond motifs is 10. The van der Waals surface area contributed by atoms with Gasteiger partial charge in [-0.2, -0.15) is 0 Å². The van der Waals surface area contributed by atoms with Gasteiger partial charge in [0.25, 0.3) is 0 Å². The molecule has 0 aliphatic carbocycles. The van der Waals surface area contributed by atoms with Gasteiger partial charge in [0.15, 0.2) is 0 Å². The van der Waals surface area contributed by atoms with Gasteiger partial charge < -0.3 is 13.7 Å². The van der Waals surface area contributed by atoms with Crippen LogP contribution in [0, 0.1) is 0 Å². The highest BCUT2D eigenvalue weighted by Crippen LogP contribution is 2.50. The molecule has 57 heavy (non-hydrogen) atoms. The van der Waals surface area contributed by atoms with E-state index in [1.165, 1.54) is 32.3 Å². The average molecular weight is 728 g/mol. The fourth-order valence-corrected chi connectivity index (χ4v) is 9.08. The maximum atomic E-state index is 6.93. The highest BCUT2D eigenvalue weighted by Gasteiger charge is 2.26. The van der Waals surface area contributed by atoms with Crippen molar-refractivity contribution in [3.63, 3.8) is 0 Å². The molecule has 0 saturated heterocycles. The predicted octanol–water partition coefficient (Wildman–Crippen LogP) is 15.7. The minimum Gasteiger partial charge on any atom is -0.455 e. The van der Waals surface area contributed by atoms with Gasteiger partial charge in [0.2, 0.25) is 0 Å². The molecule has 0 aliphatic heterocycles. The largest absolute Gasteiger partial charge is 0.455 e. The standard InChI is InChI=1S/C54H33NO2/c1-2-13-35(14-3-1)42-21-11-23-46-51-47(24-12-26-50(51)57-53(42)46)55(38-29-30-41-37(33-38)28-27-36-16-5-6-18-39(36)41)48-32-31-44(43-22-10-17-34-15-4-7-19-40(34)43)54-52(48)45-20-8-9-25-49(45)56-54/h1-33H. The molecule has 0 bridgehead atoms. The lowest BCUT2D eigenvalue weighted by atomic mass is 9.95. The number of benzene rings is 10. The lowest BCUT2D eigenvalue weighted by Gasteiger charge is -2.28. The zero-order valence-corrected chi connectivity index (χ0v) is 30.8. The number of hydrogen-bond donors (Lipinski definition) is 0. The summed E-state index contributed by atoms with van der Waals surface area (Å²) in [5.41, 5.74) is 10.9. The third-order valence-corrected chi connectivity index (χ3v) is 11.6. The highest BCUT2D eigenvalue weighted by molar-refractivity contribution is 6.22. The van der Waals surface area contributed by atoms with Crippen LogP contribution in [0.15, 0.2) is 209 Å². The Morgan fingerprint density at radius 2 is 0.930 bits per heavy atom. The number of nitrogens with zero attached hydrogens (tertiary/aromatic N) is 1. The summed E-state index contributed by atoms with van der Waals surface area (Å²) in [6.07, 6.45) is 0. The summed E-state index contributed by atoms with van der Waals surface area (Å²) in [6, 6.07) is 71.4. The van der Waals surface area contributed by atoms with Crippen LogP contribution in [0.3, 0.4) is 0 Å². The van der Waals surface area contributed by atoms with Gasteiger partial charge in [-0.25, -0.2) is 0 Å². The van der Waals surface area contributed by atoms with E-state index in [-0.39, 0.29) is 0 Å². The Labute approximate surface area is 328 Å². The second-order valence-electron chi connectivity index (χ2n) is 14.8.